The number of Topliss-reactive ketones (excluding diaryl/α,β-unsaturated/α-hetero) is 1. The lowest BCUT2D eigenvalue weighted by molar-refractivity contribution is -0.151. The number of carbonyl (C=O) groups is 2. The van der Waals surface area contributed by atoms with Crippen molar-refractivity contribution in [2.24, 2.45) is 16.8 Å². The first-order chi connectivity index (χ1) is 18.4. The number of phenols is 1. The van der Waals surface area contributed by atoms with Gasteiger partial charge >= 0.3 is 5.97 Å². The molecule has 1 aromatic rings. The molecule has 1 aromatic carbocycles. The van der Waals surface area contributed by atoms with Crippen LogP contribution in [0.1, 0.15) is 83.1 Å². The highest BCUT2D eigenvalue weighted by atomic mass is 33.1. The van der Waals surface area contributed by atoms with Crippen molar-refractivity contribution < 1.29 is 24.2 Å². The number of rotatable bonds is 7. The Balaban J connectivity index is 1.75. The van der Waals surface area contributed by atoms with E-state index in [0.717, 1.165) is 56.3 Å². The summed E-state index contributed by atoms with van der Waals surface area (Å²) >= 11 is 0. The highest BCUT2D eigenvalue weighted by Crippen LogP contribution is 2.57. The van der Waals surface area contributed by atoms with Crippen molar-refractivity contribution in [2.75, 3.05) is 19.4 Å². The molecule has 1 N–H and O–H groups in total. The van der Waals surface area contributed by atoms with E-state index in [-0.39, 0.29) is 46.4 Å². The van der Waals surface area contributed by atoms with Gasteiger partial charge < -0.3 is 14.6 Å². The number of benzene rings is 1. The quantitative estimate of drug-likeness (QED) is 0.287. The minimum Gasteiger partial charge on any atom is -0.504 e. The second kappa shape index (κ2) is 13.4. The van der Waals surface area contributed by atoms with Crippen LogP contribution < -0.4 is 4.74 Å². The van der Waals surface area contributed by atoms with Crippen LogP contribution in [0.25, 0.3) is 0 Å². The van der Waals surface area contributed by atoms with Crippen molar-refractivity contribution in [2.45, 2.75) is 88.4 Å². The van der Waals surface area contributed by atoms with E-state index >= 15 is 0 Å². The van der Waals surface area contributed by atoms with Crippen LogP contribution in [0.2, 0.25) is 0 Å². The molecule has 6 nitrogen and oxygen atoms in total. The largest absolute Gasteiger partial charge is 0.504 e. The molecule has 2 fully saturated rings. The van der Waals surface area contributed by atoms with Gasteiger partial charge in [0.1, 0.15) is 11.9 Å². The fraction of sp³-hybridized carbons (Fsp3) is 0.633. The molecule has 208 valence electrons. The van der Waals surface area contributed by atoms with Crippen molar-refractivity contribution in [3.8, 4) is 11.5 Å². The van der Waals surface area contributed by atoms with Crippen LogP contribution in [-0.4, -0.2) is 53.3 Å². The molecule has 1 saturated heterocycles. The number of hydrogen-bond donors (Lipinski definition) is 1. The van der Waals surface area contributed by atoms with E-state index in [1.54, 1.807) is 13.2 Å². The van der Waals surface area contributed by atoms with Gasteiger partial charge in [-0.15, -0.1) is 0 Å². The highest BCUT2D eigenvalue weighted by molar-refractivity contribution is 8.77. The van der Waals surface area contributed by atoms with Gasteiger partial charge in [-0.3, -0.25) is 14.6 Å². The Morgan fingerprint density at radius 3 is 2.68 bits per heavy atom. The van der Waals surface area contributed by atoms with E-state index in [9.17, 15) is 14.7 Å². The summed E-state index contributed by atoms with van der Waals surface area (Å²) in [6.07, 6.45) is 11.7. The second-order valence-corrected chi connectivity index (χ2v) is 13.6. The smallest absolute Gasteiger partial charge is 0.302 e. The zero-order valence-electron chi connectivity index (χ0n) is 22.8. The normalized spacial score (nSPS) is 27.7. The van der Waals surface area contributed by atoms with E-state index in [0.29, 0.717) is 18.7 Å². The van der Waals surface area contributed by atoms with E-state index in [2.05, 4.69) is 18.0 Å². The van der Waals surface area contributed by atoms with Crippen molar-refractivity contribution in [3.63, 3.8) is 0 Å². The Kier molecular flexibility index (Phi) is 10.3. The number of hydrogen-bond acceptors (Lipinski definition) is 8. The van der Waals surface area contributed by atoms with Crippen molar-refractivity contribution in [1.29, 1.82) is 0 Å². The van der Waals surface area contributed by atoms with Crippen LogP contribution in [-0.2, 0) is 14.3 Å². The van der Waals surface area contributed by atoms with Gasteiger partial charge in [0.05, 0.1) is 13.7 Å². The number of phenolic OH excluding ortho intramolecular Hbond substituents is 1. The molecule has 2 aliphatic heterocycles. The lowest BCUT2D eigenvalue weighted by Gasteiger charge is -2.37. The number of unbranched alkanes of at least 4 members (excludes halogenated alkanes) is 1. The molecular formula is C30H41NO5S2. The predicted molar refractivity (Wildman–Crippen MR) is 156 cm³/mol. The summed E-state index contributed by atoms with van der Waals surface area (Å²) in [6, 6.07) is 5.51. The third-order valence-corrected chi connectivity index (χ3v) is 11.7. The molecule has 0 unspecified atom stereocenters. The maximum Gasteiger partial charge on any atom is 0.302 e. The van der Waals surface area contributed by atoms with Crippen molar-refractivity contribution in [1.82, 2.24) is 0 Å². The molecule has 3 aliphatic rings. The number of allylic oxidation sites excluding steroid dienone is 1. The number of nitrogens with zero attached hydrogens (tertiary/aromatic N) is 1. The second-order valence-electron chi connectivity index (χ2n) is 10.8. The summed E-state index contributed by atoms with van der Waals surface area (Å²) in [5.74, 6) is 1.44. The van der Waals surface area contributed by atoms with Gasteiger partial charge in [-0.05, 0) is 42.5 Å². The van der Waals surface area contributed by atoms with Gasteiger partial charge in [-0.25, -0.2) is 0 Å². The Hall–Kier alpha value is -1.93. The molecule has 38 heavy (non-hydrogen) atoms. The van der Waals surface area contributed by atoms with Crippen molar-refractivity contribution in [3.05, 3.63) is 35.4 Å². The summed E-state index contributed by atoms with van der Waals surface area (Å²) in [6.45, 7) is 4.31. The Bertz CT molecular complexity index is 1050. The fourth-order valence-electron chi connectivity index (χ4n) is 6.40. The molecule has 2 heterocycles. The number of methoxy groups -OCH3 is 1. The van der Waals surface area contributed by atoms with Crippen LogP contribution in [0.5, 0.6) is 11.5 Å². The van der Waals surface area contributed by atoms with Crippen LogP contribution in [0, 0.1) is 11.8 Å². The maximum atomic E-state index is 13.9. The molecule has 0 radical (unpaired) electrons. The molecular weight excluding hydrogens is 518 g/mol. The molecule has 1 saturated carbocycles. The number of esters is 1. The maximum absolute atomic E-state index is 13.9. The summed E-state index contributed by atoms with van der Waals surface area (Å²) in [4.78, 5) is 30.6. The molecule has 4 atom stereocenters. The predicted octanol–water partition coefficient (Wildman–Crippen LogP) is 6.91. The minimum atomic E-state index is -0.454. The van der Waals surface area contributed by atoms with Crippen LogP contribution in [0.4, 0.5) is 0 Å². The molecule has 8 heteroatoms. The number of ketones is 1. The molecule has 1 spiro atoms. The lowest BCUT2D eigenvalue weighted by Crippen LogP contribution is -2.36. The van der Waals surface area contributed by atoms with Gasteiger partial charge in [0.25, 0.3) is 0 Å². The average Bonchev–Trinajstić information content (AvgIpc) is 3.59. The van der Waals surface area contributed by atoms with Gasteiger partial charge in [-0.2, -0.15) is 0 Å². The minimum absolute atomic E-state index is 0.0135. The molecule has 1 aliphatic carbocycles. The summed E-state index contributed by atoms with van der Waals surface area (Å²) in [7, 11) is 5.41. The van der Waals surface area contributed by atoms with Crippen LogP contribution in [0.3, 0.4) is 0 Å². The third kappa shape index (κ3) is 6.79. The Morgan fingerprint density at radius 1 is 1.24 bits per heavy atom. The number of aromatic hydroxyl groups is 1. The topological polar surface area (TPSA) is 85.2 Å². The Labute approximate surface area is 234 Å². The van der Waals surface area contributed by atoms with E-state index in [1.165, 1.54) is 12.5 Å². The van der Waals surface area contributed by atoms with E-state index < -0.39 is 6.10 Å². The SMILES string of the molecule is CCCC[C@H]1[C@@H](OC(C)=O)CC(=O)C[C@@H](c2ccc(O)c(OC)c2)C2(CCCC2)SSC[C@H]1C1=CCN=C1. The lowest BCUT2D eigenvalue weighted by atomic mass is 9.76. The van der Waals surface area contributed by atoms with Gasteiger partial charge in [0, 0.05) is 54.2 Å². The first-order valence-corrected chi connectivity index (χ1v) is 16.2. The zero-order valence-corrected chi connectivity index (χ0v) is 24.5. The molecule has 0 amide bonds. The van der Waals surface area contributed by atoms with E-state index in [4.69, 9.17) is 9.47 Å². The third-order valence-electron chi connectivity index (χ3n) is 8.33. The highest BCUT2D eigenvalue weighted by Gasteiger charge is 2.46. The van der Waals surface area contributed by atoms with Crippen LogP contribution >= 0.6 is 21.6 Å². The first kappa shape index (κ1) is 29.1. The van der Waals surface area contributed by atoms with Gasteiger partial charge in [0.2, 0.25) is 0 Å². The fourth-order valence-corrected chi connectivity index (χ4v) is 10.3. The number of carbonyl (C=O) groups excluding carboxylic acids is 2. The molecule has 4 rings (SSSR count). The van der Waals surface area contributed by atoms with Crippen molar-refractivity contribution >= 4 is 39.6 Å². The number of aliphatic imine (C=N–C) groups is 1. The van der Waals surface area contributed by atoms with Gasteiger partial charge in [0.15, 0.2) is 11.5 Å². The molecule has 0 aromatic heterocycles. The Morgan fingerprint density at radius 2 is 2.03 bits per heavy atom. The number of ether oxygens (including phenoxy) is 2. The first-order valence-electron chi connectivity index (χ1n) is 13.9. The molecule has 0 bridgehead atoms. The summed E-state index contributed by atoms with van der Waals surface area (Å²) < 4.78 is 11.3. The zero-order chi connectivity index (χ0) is 27.1. The summed E-state index contributed by atoms with van der Waals surface area (Å²) in [5, 5.41) is 10.2. The summed E-state index contributed by atoms with van der Waals surface area (Å²) in [5.41, 5.74) is 2.24. The average molecular weight is 560 g/mol. The van der Waals surface area contributed by atoms with Gasteiger partial charge in [-0.1, -0.05) is 66.3 Å². The van der Waals surface area contributed by atoms with Crippen LogP contribution in [0.15, 0.2) is 34.8 Å². The standard InChI is InChI=1S/C30H41NO5S2/c1-4-5-8-24-25(22-11-14-31-18-22)19-37-38-30(12-6-7-13-30)26(16-23(33)17-28(24)36-20(2)32)21-9-10-27(34)29(15-21)35-3/h9-11,15,18,24-26,28,34H,4-8,12-14,16-17,19H2,1-3H3/t24-,25+,26+,28+/m1/s1. The monoisotopic (exact) mass is 559 g/mol. The van der Waals surface area contributed by atoms with E-state index in [1.807, 2.05) is 39.9 Å².